The molecule has 0 unspecified atom stereocenters. The lowest BCUT2D eigenvalue weighted by molar-refractivity contribution is -0.384. The molecule has 1 aliphatic rings. The topological polar surface area (TPSA) is 110 Å². The molecule has 0 N–H and O–H groups in total. The summed E-state index contributed by atoms with van der Waals surface area (Å²) in [6.07, 6.45) is 0. The summed E-state index contributed by atoms with van der Waals surface area (Å²) in [6, 6.07) is 8.17. The summed E-state index contributed by atoms with van der Waals surface area (Å²) in [5.41, 5.74) is 0.333. The Bertz CT molecular complexity index is 961. The van der Waals surface area contributed by atoms with Gasteiger partial charge in [0.05, 0.1) is 20.4 Å². The van der Waals surface area contributed by atoms with Crippen molar-refractivity contribution in [1.82, 2.24) is 4.90 Å². The third kappa shape index (κ3) is 4.00. The van der Waals surface area contributed by atoms with E-state index in [0.29, 0.717) is 31.9 Å². The standard InChI is InChI=1S/C17H14Cl2N4O5/c18-11-1-4-15(16(9-11)23(27)28)20-5-7-21(8-6-20)17(24)13-3-2-12(22(25)26)10-14(13)19/h1-4,9-10H,5-8H2. The van der Waals surface area contributed by atoms with Crippen LogP contribution < -0.4 is 4.90 Å². The molecule has 1 heterocycles. The zero-order valence-electron chi connectivity index (χ0n) is 14.4. The van der Waals surface area contributed by atoms with Crippen LogP contribution in [0.4, 0.5) is 17.1 Å². The summed E-state index contributed by atoms with van der Waals surface area (Å²) in [4.78, 5) is 37.1. The van der Waals surface area contributed by atoms with Crippen LogP contribution in [0, 0.1) is 20.2 Å². The number of nitro benzene ring substituents is 2. The highest BCUT2D eigenvalue weighted by Gasteiger charge is 2.27. The number of nitro groups is 2. The van der Waals surface area contributed by atoms with Crippen LogP contribution in [0.5, 0.6) is 0 Å². The fraction of sp³-hybridized carbons (Fsp3) is 0.235. The minimum absolute atomic E-state index is 0.00923. The number of halogens is 2. The van der Waals surface area contributed by atoms with Gasteiger partial charge in [-0.15, -0.1) is 0 Å². The molecular weight excluding hydrogens is 411 g/mol. The van der Waals surface area contributed by atoms with Crippen LogP contribution in [-0.4, -0.2) is 46.8 Å². The number of hydrogen-bond acceptors (Lipinski definition) is 6. The normalized spacial score (nSPS) is 14.1. The second-order valence-electron chi connectivity index (χ2n) is 6.09. The molecule has 1 saturated heterocycles. The lowest BCUT2D eigenvalue weighted by Gasteiger charge is -2.36. The minimum Gasteiger partial charge on any atom is -0.362 e. The third-order valence-corrected chi connectivity index (χ3v) is 4.98. The van der Waals surface area contributed by atoms with E-state index >= 15 is 0 Å². The van der Waals surface area contributed by atoms with Gasteiger partial charge in [0.15, 0.2) is 0 Å². The molecule has 11 heteroatoms. The van der Waals surface area contributed by atoms with Gasteiger partial charge in [-0.3, -0.25) is 25.0 Å². The molecule has 0 aromatic heterocycles. The summed E-state index contributed by atoms with van der Waals surface area (Å²) in [6.45, 7) is 1.43. The molecule has 0 spiro atoms. The highest BCUT2D eigenvalue weighted by Crippen LogP contribution is 2.32. The minimum atomic E-state index is -0.585. The zero-order chi connectivity index (χ0) is 20.4. The van der Waals surface area contributed by atoms with Crippen LogP contribution in [0.15, 0.2) is 36.4 Å². The van der Waals surface area contributed by atoms with Gasteiger partial charge in [-0.05, 0) is 18.2 Å². The number of piperazine rings is 1. The SMILES string of the molecule is O=C(c1ccc([N+](=O)[O-])cc1Cl)N1CCN(c2ccc(Cl)cc2[N+](=O)[O-])CC1. The predicted molar refractivity (Wildman–Crippen MR) is 104 cm³/mol. The first kappa shape index (κ1) is 19.8. The molecule has 0 bridgehead atoms. The average molecular weight is 425 g/mol. The number of anilines is 1. The first-order valence-electron chi connectivity index (χ1n) is 8.20. The van der Waals surface area contributed by atoms with E-state index < -0.39 is 9.85 Å². The number of rotatable bonds is 4. The monoisotopic (exact) mass is 424 g/mol. The summed E-state index contributed by atoms with van der Waals surface area (Å²) < 4.78 is 0. The lowest BCUT2D eigenvalue weighted by Crippen LogP contribution is -2.49. The summed E-state index contributed by atoms with van der Waals surface area (Å²) in [7, 11) is 0. The average Bonchev–Trinajstić information content (AvgIpc) is 2.67. The molecule has 9 nitrogen and oxygen atoms in total. The smallest absolute Gasteiger partial charge is 0.294 e. The number of amides is 1. The van der Waals surface area contributed by atoms with Crippen LogP contribution in [0.3, 0.4) is 0 Å². The van der Waals surface area contributed by atoms with E-state index in [1.54, 1.807) is 17.0 Å². The molecule has 146 valence electrons. The summed E-state index contributed by atoms with van der Waals surface area (Å²) in [5.74, 6) is -0.342. The van der Waals surface area contributed by atoms with Crippen LogP contribution >= 0.6 is 23.2 Å². The fourth-order valence-electron chi connectivity index (χ4n) is 3.02. The number of hydrogen-bond donors (Lipinski definition) is 0. The Kier molecular flexibility index (Phi) is 5.66. The number of carbonyl (C=O) groups excluding carboxylic acids is 1. The van der Waals surface area contributed by atoms with Gasteiger partial charge in [-0.25, -0.2) is 0 Å². The fourth-order valence-corrected chi connectivity index (χ4v) is 3.44. The molecule has 2 aromatic rings. The van der Waals surface area contributed by atoms with Crippen molar-refractivity contribution in [2.45, 2.75) is 0 Å². The summed E-state index contributed by atoms with van der Waals surface area (Å²) in [5, 5.41) is 22.4. The summed E-state index contributed by atoms with van der Waals surface area (Å²) >= 11 is 11.9. The molecule has 2 aromatic carbocycles. The van der Waals surface area contributed by atoms with Gasteiger partial charge in [0.2, 0.25) is 0 Å². The van der Waals surface area contributed by atoms with E-state index in [1.807, 2.05) is 4.90 Å². The molecule has 1 amide bonds. The van der Waals surface area contributed by atoms with Gasteiger partial charge in [0, 0.05) is 49.4 Å². The molecule has 1 fully saturated rings. The van der Waals surface area contributed by atoms with Crippen molar-refractivity contribution in [2.24, 2.45) is 0 Å². The van der Waals surface area contributed by atoms with Crippen LogP contribution in [0.25, 0.3) is 0 Å². The number of non-ortho nitro benzene ring substituents is 1. The number of nitrogens with zero attached hydrogens (tertiary/aromatic N) is 4. The van der Waals surface area contributed by atoms with Crippen LogP contribution in [0.1, 0.15) is 10.4 Å². The first-order valence-corrected chi connectivity index (χ1v) is 8.95. The van der Waals surface area contributed by atoms with Crippen molar-refractivity contribution in [2.75, 3.05) is 31.1 Å². The first-order chi connectivity index (χ1) is 13.3. The second kappa shape index (κ2) is 7.99. The Morgan fingerprint density at radius 1 is 0.929 bits per heavy atom. The lowest BCUT2D eigenvalue weighted by atomic mass is 10.1. The van der Waals surface area contributed by atoms with Crippen LogP contribution in [0.2, 0.25) is 10.0 Å². The van der Waals surface area contributed by atoms with Crippen molar-refractivity contribution in [1.29, 1.82) is 0 Å². The predicted octanol–water partition coefficient (Wildman–Crippen LogP) is 3.77. The molecule has 0 saturated carbocycles. The van der Waals surface area contributed by atoms with E-state index in [0.717, 1.165) is 6.07 Å². The quantitative estimate of drug-likeness (QED) is 0.545. The molecule has 0 radical (unpaired) electrons. The Balaban J connectivity index is 1.73. The zero-order valence-corrected chi connectivity index (χ0v) is 15.9. The molecule has 1 aliphatic heterocycles. The molecule has 0 aliphatic carbocycles. The Morgan fingerprint density at radius 3 is 2.18 bits per heavy atom. The Labute approximate surface area is 169 Å². The molecule has 0 atom stereocenters. The van der Waals surface area contributed by atoms with E-state index in [1.165, 1.54) is 18.2 Å². The van der Waals surface area contributed by atoms with Crippen molar-refractivity contribution in [3.05, 3.63) is 72.2 Å². The van der Waals surface area contributed by atoms with E-state index in [-0.39, 0.29) is 32.9 Å². The van der Waals surface area contributed by atoms with E-state index in [9.17, 15) is 25.0 Å². The molecule has 28 heavy (non-hydrogen) atoms. The highest BCUT2D eigenvalue weighted by molar-refractivity contribution is 6.34. The van der Waals surface area contributed by atoms with E-state index in [4.69, 9.17) is 23.2 Å². The van der Waals surface area contributed by atoms with Crippen molar-refractivity contribution in [3.63, 3.8) is 0 Å². The van der Waals surface area contributed by atoms with Gasteiger partial charge in [0.25, 0.3) is 17.3 Å². The van der Waals surface area contributed by atoms with Crippen molar-refractivity contribution >= 4 is 46.2 Å². The van der Waals surface area contributed by atoms with Gasteiger partial charge >= 0.3 is 0 Å². The number of benzene rings is 2. The van der Waals surface area contributed by atoms with Gasteiger partial charge in [-0.1, -0.05) is 23.2 Å². The molecule has 3 rings (SSSR count). The Morgan fingerprint density at radius 2 is 1.61 bits per heavy atom. The van der Waals surface area contributed by atoms with Gasteiger partial charge in [-0.2, -0.15) is 0 Å². The van der Waals surface area contributed by atoms with E-state index in [2.05, 4.69) is 0 Å². The maximum atomic E-state index is 12.7. The van der Waals surface area contributed by atoms with Crippen molar-refractivity contribution in [3.8, 4) is 0 Å². The Hall–Kier alpha value is -2.91. The highest BCUT2D eigenvalue weighted by atomic mass is 35.5. The second-order valence-corrected chi connectivity index (χ2v) is 6.93. The number of carbonyl (C=O) groups is 1. The van der Waals surface area contributed by atoms with Gasteiger partial charge < -0.3 is 9.80 Å². The van der Waals surface area contributed by atoms with Crippen LogP contribution in [-0.2, 0) is 0 Å². The maximum absolute atomic E-state index is 12.7. The third-order valence-electron chi connectivity index (χ3n) is 4.44. The maximum Gasteiger partial charge on any atom is 0.294 e. The molecular formula is C17H14Cl2N4O5. The van der Waals surface area contributed by atoms with Crippen molar-refractivity contribution < 1.29 is 14.6 Å². The largest absolute Gasteiger partial charge is 0.362 e. The van der Waals surface area contributed by atoms with Gasteiger partial charge in [0.1, 0.15) is 5.69 Å².